The van der Waals surface area contributed by atoms with E-state index in [2.05, 4.69) is 31.2 Å². The number of anilines is 1. The molecule has 0 bridgehead atoms. The van der Waals surface area contributed by atoms with Gasteiger partial charge in [-0.2, -0.15) is 5.10 Å². The van der Waals surface area contributed by atoms with E-state index in [-0.39, 0.29) is 12.1 Å². The largest absolute Gasteiger partial charge is 0.322 e. The summed E-state index contributed by atoms with van der Waals surface area (Å²) in [5.74, 6) is 0. The molecular formula is C18H24N4O. The molecule has 1 aromatic carbocycles. The Morgan fingerprint density at radius 2 is 2.13 bits per heavy atom. The number of carbonyl (C=O) groups excluding carboxylic acids is 1. The first-order chi connectivity index (χ1) is 11.1. The molecule has 122 valence electrons. The van der Waals surface area contributed by atoms with Crippen molar-refractivity contribution in [3.63, 3.8) is 0 Å². The summed E-state index contributed by atoms with van der Waals surface area (Å²) in [5, 5.41) is 7.38. The highest BCUT2D eigenvalue weighted by Gasteiger charge is 2.32. The zero-order valence-corrected chi connectivity index (χ0v) is 14.0. The standard InChI is InChI=1S/C18H24N4O/c1-4-22-17(9-10-19-22)16-6-5-11-21(16)18(23)20-15-8-7-13(2)14(3)12-15/h7-10,12,16H,4-6,11H2,1-3H3,(H,20,23)/t16-/m0/s1. The quantitative estimate of drug-likeness (QED) is 0.934. The van der Waals surface area contributed by atoms with Crippen molar-refractivity contribution in [2.75, 3.05) is 11.9 Å². The van der Waals surface area contributed by atoms with Crippen LogP contribution in [-0.4, -0.2) is 27.3 Å². The Kier molecular flexibility index (Phi) is 4.37. The number of aryl methyl sites for hydroxylation is 3. The van der Waals surface area contributed by atoms with Gasteiger partial charge >= 0.3 is 6.03 Å². The van der Waals surface area contributed by atoms with Gasteiger partial charge in [0.05, 0.1) is 11.7 Å². The first-order valence-electron chi connectivity index (χ1n) is 8.26. The van der Waals surface area contributed by atoms with Crippen molar-refractivity contribution in [2.45, 2.75) is 46.2 Å². The van der Waals surface area contributed by atoms with Crippen LogP contribution in [0.2, 0.25) is 0 Å². The molecule has 1 saturated heterocycles. The average molecular weight is 312 g/mol. The molecule has 1 fully saturated rings. The maximum absolute atomic E-state index is 12.7. The van der Waals surface area contributed by atoms with Crippen LogP contribution in [-0.2, 0) is 6.54 Å². The van der Waals surface area contributed by atoms with Gasteiger partial charge in [0.25, 0.3) is 0 Å². The van der Waals surface area contributed by atoms with E-state index in [0.717, 1.165) is 37.3 Å². The predicted octanol–water partition coefficient (Wildman–Crippen LogP) is 3.89. The lowest BCUT2D eigenvalue weighted by Gasteiger charge is -2.25. The van der Waals surface area contributed by atoms with Gasteiger partial charge in [-0.1, -0.05) is 6.07 Å². The molecule has 0 aliphatic carbocycles. The summed E-state index contributed by atoms with van der Waals surface area (Å²) in [6.45, 7) is 7.82. The molecule has 2 heterocycles. The van der Waals surface area contributed by atoms with Crippen LogP contribution in [0.25, 0.3) is 0 Å². The minimum atomic E-state index is -0.0281. The molecule has 5 nitrogen and oxygen atoms in total. The Bertz CT molecular complexity index is 707. The lowest BCUT2D eigenvalue weighted by atomic mass is 10.1. The van der Waals surface area contributed by atoms with Crippen LogP contribution in [0, 0.1) is 13.8 Å². The van der Waals surface area contributed by atoms with Crippen LogP contribution in [0.3, 0.4) is 0 Å². The number of amides is 2. The van der Waals surface area contributed by atoms with Gasteiger partial charge in [0.15, 0.2) is 0 Å². The number of nitrogens with one attached hydrogen (secondary N) is 1. The van der Waals surface area contributed by atoms with Crippen molar-refractivity contribution in [3.8, 4) is 0 Å². The van der Waals surface area contributed by atoms with E-state index in [1.807, 2.05) is 40.0 Å². The summed E-state index contributed by atoms with van der Waals surface area (Å²) in [5.41, 5.74) is 4.40. The van der Waals surface area contributed by atoms with E-state index < -0.39 is 0 Å². The van der Waals surface area contributed by atoms with Crippen LogP contribution in [0.1, 0.15) is 42.6 Å². The van der Waals surface area contributed by atoms with Gasteiger partial charge in [-0.3, -0.25) is 4.68 Å². The second-order valence-electron chi connectivity index (χ2n) is 6.15. The smallest absolute Gasteiger partial charge is 0.316 e. The van der Waals surface area contributed by atoms with E-state index in [1.54, 1.807) is 0 Å². The van der Waals surface area contributed by atoms with E-state index in [4.69, 9.17) is 0 Å². The summed E-state index contributed by atoms with van der Waals surface area (Å²) in [6.07, 6.45) is 3.84. The molecule has 3 rings (SSSR count). The van der Waals surface area contributed by atoms with Gasteiger partial charge in [0.2, 0.25) is 0 Å². The lowest BCUT2D eigenvalue weighted by Crippen LogP contribution is -2.35. The number of urea groups is 1. The Hall–Kier alpha value is -2.30. The number of aromatic nitrogens is 2. The Morgan fingerprint density at radius 1 is 1.30 bits per heavy atom. The van der Waals surface area contributed by atoms with Crippen LogP contribution in [0.5, 0.6) is 0 Å². The summed E-state index contributed by atoms with van der Waals surface area (Å²) in [6, 6.07) is 8.13. The maximum atomic E-state index is 12.7. The van der Waals surface area contributed by atoms with Crippen molar-refractivity contribution in [1.29, 1.82) is 0 Å². The highest BCUT2D eigenvalue weighted by molar-refractivity contribution is 5.90. The van der Waals surface area contributed by atoms with Crippen molar-refractivity contribution in [2.24, 2.45) is 0 Å². The van der Waals surface area contributed by atoms with Crippen LogP contribution >= 0.6 is 0 Å². The third kappa shape index (κ3) is 3.09. The topological polar surface area (TPSA) is 50.2 Å². The van der Waals surface area contributed by atoms with Gasteiger partial charge < -0.3 is 10.2 Å². The number of nitrogens with zero attached hydrogens (tertiary/aromatic N) is 3. The molecule has 5 heteroatoms. The van der Waals surface area contributed by atoms with Crippen molar-refractivity contribution < 1.29 is 4.79 Å². The van der Waals surface area contributed by atoms with Crippen LogP contribution in [0.15, 0.2) is 30.5 Å². The first kappa shape index (κ1) is 15.6. The second-order valence-corrected chi connectivity index (χ2v) is 6.15. The molecule has 2 aromatic rings. The number of hydrogen-bond donors (Lipinski definition) is 1. The number of likely N-dealkylation sites (tertiary alicyclic amines) is 1. The molecule has 0 saturated carbocycles. The third-order valence-corrected chi connectivity index (χ3v) is 4.66. The van der Waals surface area contributed by atoms with Gasteiger partial charge in [-0.15, -0.1) is 0 Å². The molecular weight excluding hydrogens is 288 g/mol. The molecule has 2 amide bonds. The molecule has 1 N–H and O–H groups in total. The third-order valence-electron chi connectivity index (χ3n) is 4.66. The highest BCUT2D eigenvalue weighted by atomic mass is 16.2. The van der Waals surface area contributed by atoms with Gasteiger partial charge in [0.1, 0.15) is 0 Å². The Morgan fingerprint density at radius 3 is 2.87 bits per heavy atom. The Labute approximate surface area is 137 Å². The molecule has 0 radical (unpaired) electrons. The number of carbonyl (C=O) groups is 1. The van der Waals surface area contributed by atoms with Gasteiger partial charge in [0, 0.05) is 25.0 Å². The molecule has 1 atom stereocenters. The van der Waals surface area contributed by atoms with Crippen molar-refractivity contribution in [3.05, 3.63) is 47.3 Å². The molecule has 1 aliphatic heterocycles. The summed E-state index contributed by atoms with van der Waals surface area (Å²) in [4.78, 5) is 14.6. The van der Waals surface area contributed by atoms with Crippen LogP contribution < -0.4 is 5.32 Å². The predicted molar refractivity (Wildman–Crippen MR) is 91.5 cm³/mol. The molecule has 0 unspecified atom stereocenters. The van der Waals surface area contributed by atoms with Crippen molar-refractivity contribution >= 4 is 11.7 Å². The van der Waals surface area contributed by atoms with E-state index in [9.17, 15) is 4.79 Å². The number of hydrogen-bond acceptors (Lipinski definition) is 2. The fourth-order valence-electron chi connectivity index (χ4n) is 3.22. The monoisotopic (exact) mass is 312 g/mol. The maximum Gasteiger partial charge on any atom is 0.322 e. The number of rotatable bonds is 3. The number of benzene rings is 1. The van der Waals surface area contributed by atoms with E-state index >= 15 is 0 Å². The summed E-state index contributed by atoms with van der Waals surface area (Å²) < 4.78 is 1.98. The zero-order valence-electron chi connectivity index (χ0n) is 14.0. The lowest BCUT2D eigenvalue weighted by molar-refractivity contribution is 0.204. The minimum Gasteiger partial charge on any atom is -0.316 e. The molecule has 1 aromatic heterocycles. The molecule has 0 spiro atoms. The summed E-state index contributed by atoms with van der Waals surface area (Å²) >= 11 is 0. The highest BCUT2D eigenvalue weighted by Crippen LogP contribution is 2.32. The average Bonchev–Trinajstić information content (AvgIpc) is 3.18. The van der Waals surface area contributed by atoms with E-state index in [0.29, 0.717) is 0 Å². The van der Waals surface area contributed by atoms with Crippen molar-refractivity contribution in [1.82, 2.24) is 14.7 Å². The second kappa shape index (κ2) is 6.44. The fraction of sp³-hybridized carbons (Fsp3) is 0.444. The SMILES string of the molecule is CCn1nccc1[C@@H]1CCCN1C(=O)Nc1ccc(C)c(C)c1. The van der Waals surface area contributed by atoms with Gasteiger partial charge in [-0.25, -0.2) is 4.79 Å². The molecule has 1 aliphatic rings. The van der Waals surface area contributed by atoms with Crippen LogP contribution in [0.4, 0.5) is 10.5 Å². The zero-order chi connectivity index (χ0) is 16.4. The van der Waals surface area contributed by atoms with Gasteiger partial charge in [-0.05, 0) is 62.9 Å². The normalized spacial score (nSPS) is 17.5. The molecule has 23 heavy (non-hydrogen) atoms. The minimum absolute atomic E-state index is 0.0281. The first-order valence-corrected chi connectivity index (χ1v) is 8.26. The van der Waals surface area contributed by atoms with E-state index in [1.165, 1.54) is 11.1 Å². The fourth-order valence-corrected chi connectivity index (χ4v) is 3.22. The summed E-state index contributed by atoms with van der Waals surface area (Å²) in [7, 11) is 0. The Balaban J connectivity index is 1.77.